The zero-order valence-electron chi connectivity index (χ0n) is 18.8. The van der Waals surface area contributed by atoms with E-state index < -0.39 is 35.8 Å². The molecule has 180 valence electrons. The van der Waals surface area contributed by atoms with Gasteiger partial charge in [-0.15, -0.1) is 11.3 Å². The lowest BCUT2D eigenvalue weighted by Crippen LogP contribution is -2.63. The van der Waals surface area contributed by atoms with Crippen LogP contribution in [0.4, 0.5) is 0 Å². The van der Waals surface area contributed by atoms with Crippen molar-refractivity contribution in [2.75, 3.05) is 0 Å². The van der Waals surface area contributed by atoms with Gasteiger partial charge in [-0.05, 0) is 13.0 Å². The molecule has 1 fully saturated rings. The van der Waals surface area contributed by atoms with Gasteiger partial charge in [-0.1, -0.05) is 6.92 Å². The summed E-state index contributed by atoms with van der Waals surface area (Å²) in [5, 5.41) is 20.0. The third-order valence-electron chi connectivity index (χ3n) is 6.53. The van der Waals surface area contributed by atoms with Gasteiger partial charge in [0.05, 0.1) is 28.5 Å². The first-order chi connectivity index (χ1) is 16.6. The molecule has 0 bridgehead atoms. The number of nitrogens with zero attached hydrogens (tertiary/aromatic N) is 4. The summed E-state index contributed by atoms with van der Waals surface area (Å²) in [6, 6.07) is 2.80. The lowest BCUT2D eigenvalue weighted by atomic mass is 9.77. The number of thiazole rings is 1. The van der Waals surface area contributed by atoms with Gasteiger partial charge < -0.3 is 20.8 Å². The lowest BCUT2D eigenvalue weighted by molar-refractivity contribution is -0.684. The summed E-state index contributed by atoms with van der Waals surface area (Å²) in [6.45, 7) is 3.29. The highest BCUT2D eigenvalue weighted by atomic mass is 32.1. The van der Waals surface area contributed by atoms with Gasteiger partial charge in [-0.2, -0.15) is 4.57 Å². The van der Waals surface area contributed by atoms with Crippen molar-refractivity contribution >= 4 is 45.3 Å². The van der Waals surface area contributed by atoms with Crippen LogP contribution in [0.15, 0.2) is 42.7 Å². The Bertz CT molecular complexity index is 1450. The number of aliphatic hydroxyl groups is 1. The molecule has 5 rings (SSSR count). The number of fused-ring (bicyclic) bond motifs is 2. The van der Waals surface area contributed by atoms with Crippen LogP contribution in [0.25, 0.3) is 10.4 Å². The first-order valence-electron chi connectivity index (χ1n) is 10.9. The molecule has 0 saturated carbocycles. The van der Waals surface area contributed by atoms with Crippen LogP contribution in [-0.4, -0.2) is 60.2 Å². The molecule has 2 amide bonds. The fourth-order valence-corrected chi connectivity index (χ4v) is 6.26. The number of nitrogens with two attached hydrogens (primary N) is 1. The molecule has 4 N–H and O–H groups in total. The van der Waals surface area contributed by atoms with E-state index >= 15 is 0 Å². The second kappa shape index (κ2) is 8.10. The molecule has 11 nitrogen and oxygen atoms in total. The molecule has 3 aromatic heterocycles. The van der Waals surface area contributed by atoms with Crippen molar-refractivity contribution in [2.45, 2.75) is 32.5 Å². The second-order valence-electron chi connectivity index (χ2n) is 8.78. The van der Waals surface area contributed by atoms with E-state index in [9.17, 15) is 29.4 Å². The first-order valence-corrected chi connectivity index (χ1v) is 11.7. The van der Waals surface area contributed by atoms with Crippen LogP contribution in [0.3, 0.4) is 0 Å². The van der Waals surface area contributed by atoms with Crippen LogP contribution in [-0.2, 0) is 20.9 Å². The molecule has 12 heteroatoms. The highest BCUT2D eigenvalue weighted by molar-refractivity contribution is 7.18. The van der Waals surface area contributed by atoms with Crippen LogP contribution in [0.1, 0.15) is 34.8 Å². The molecular formula is C23H22N5O6S+. The maximum Gasteiger partial charge on any atom is 0.352 e. The zero-order chi connectivity index (χ0) is 25.2. The number of hydrogen-bond donors (Lipinski definition) is 3. The number of rotatable bonds is 7. The lowest BCUT2D eigenvalue weighted by Gasteiger charge is -2.46. The van der Waals surface area contributed by atoms with Crippen molar-refractivity contribution in [2.24, 2.45) is 17.6 Å². The predicted octanol–water partition coefficient (Wildman–Crippen LogP) is 0.0528. The molecule has 4 atom stereocenters. The number of carboxylic acid groups (broad SMARTS) is 1. The Morgan fingerprint density at radius 2 is 2.09 bits per heavy atom. The highest BCUT2D eigenvalue weighted by Crippen LogP contribution is 2.51. The average molecular weight is 497 g/mol. The van der Waals surface area contributed by atoms with E-state index in [0.29, 0.717) is 20.8 Å². The standard InChI is InChI=1S/C23H21N5O6S/c1-10-15(19(23(33)34)28-18(10)16(11(2)29)21(28)32)13-7-27-9-25-17(22(27)35-13)20(31)12-4-3-5-26(6-12)8-14(24)30/h3-7,9-11,16,18,29H,8H2,1-2H3,(H2-,24,30,33,34)/p+1/t10-,11+,16+,18+/m0/s1. The molecular weight excluding hydrogens is 474 g/mol. The fourth-order valence-electron chi connectivity index (χ4n) is 5.04. The van der Waals surface area contributed by atoms with Crippen molar-refractivity contribution in [1.29, 1.82) is 0 Å². The van der Waals surface area contributed by atoms with Crippen molar-refractivity contribution < 1.29 is 34.0 Å². The number of amides is 2. The summed E-state index contributed by atoms with van der Waals surface area (Å²) < 4.78 is 3.16. The number of carboxylic acids is 1. The summed E-state index contributed by atoms with van der Waals surface area (Å²) in [4.78, 5) is 55.8. The number of hydrogen-bond acceptors (Lipinski definition) is 7. The molecule has 0 aliphatic carbocycles. The Balaban J connectivity index is 1.54. The molecule has 35 heavy (non-hydrogen) atoms. The third kappa shape index (κ3) is 3.44. The van der Waals surface area contributed by atoms with Gasteiger partial charge in [0, 0.05) is 23.8 Å². The topological polar surface area (TPSA) is 159 Å². The van der Waals surface area contributed by atoms with E-state index in [-0.39, 0.29) is 29.6 Å². The van der Waals surface area contributed by atoms with Crippen molar-refractivity contribution in [3.05, 3.63) is 58.9 Å². The van der Waals surface area contributed by atoms with Crippen LogP contribution in [0.5, 0.6) is 0 Å². The van der Waals surface area contributed by atoms with Gasteiger partial charge in [-0.25, -0.2) is 9.78 Å². The van der Waals surface area contributed by atoms with E-state index in [2.05, 4.69) is 4.98 Å². The number of carbonyl (C=O) groups is 4. The number of ketones is 1. The fraction of sp³-hybridized carbons (Fsp3) is 0.304. The van der Waals surface area contributed by atoms with Crippen molar-refractivity contribution in [1.82, 2.24) is 14.3 Å². The molecule has 0 unspecified atom stereocenters. The van der Waals surface area contributed by atoms with E-state index in [1.54, 1.807) is 28.9 Å². The van der Waals surface area contributed by atoms with Crippen LogP contribution < -0.4 is 10.3 Å². The highest BCUT2D eigenvalue weighted by Gasteiger charge is 2.60. The maximum absolute atomic E-state index is 13.2. The molecule has 0 radical (unpaired) electrons. The summed E-state index contributed by atoms with van der Waals surface area (Å²) in [5.41, 5.74) is 6.14. The molecule has 5 heterocycles. The number of pyridine rings is 1. The Kier molecular flexibility index (Phi) is 5.29. The maximum atomic E-state index is 13.2. The summed E-state index contributed by atoms with van der Waals surface area (Å²) >= 11 is 1.21. The van der Waals surface area contributed by atoms with Gasteiger partial charge >= 0.3 is 5.97 Å². The summed E-state index contributed by atoms with van der Waals surface area (Å²) in [5.74, 6) is -3.51. The first kappa shape index (κ1) is 22.9. The van der Waals surface area contributed by atoms with Gasteiger partial charge in [0.2, 0.25) is 18.2 Å². The number of aliphatic hydroxyl groups excluding tert-OH is 1. The van der Waals surface area contributed by atoms with E-state index in [4.69, 9.17) is 5.73 Å². The van der Waals surface area contributed by atoms with Crippen LogP contribution >= 0.6 is 11.3 Å². The van der Waals surface area contributed by atoms with Gasteiger partial charge in [0.25, 0.3) is 5.91 Å². The number of aromatic nitrogens is 3. The Morgan fingerprint density at radius 1 is 1.34 bits per heavy atom. The normalized spacial score (nSPS) is 22.3. The smallest absolute Gasteiger partial charge is 0.352 e. The molecule has 3 aromatic rings. The van der Waals surface area contributed by atoms with Gasteiger partial charge in [0.1, 0.15) is 22.5 Å². The van der Waals surface area contributed by atoms with Crippen molar-refractivity contribution in [3.63, 3.8) is 0 Å². The minimum Gasteiger partial charge on any atom is -0.477 e. The second-order valence-corrected chi connectivity index (χ2v) is 9.81. The number of imidazole rings is 1. The Hall–Kier alpha value is -3.90. The molecule has 2 aliphatic rings. The molecule has 0 spiro atoms. The molecule has 0 aromatic carbocycles. The number of β-lactam (4-membered cyclic amide) rings is 1. The van der Waals surface area contributed by atoms with E-state index in [0.717, 1.165) is 0 Å². The number of primary amides is 1. The quantitative estimate of drug-likeness (QED) is 0.237. The minimum absolute atomic E-state index is 0.0727. The Morgan fingerprint density at radius 3 is 2.74 bits per heavy atom. The molecule has 2 aliphatic heterocycles. The minimum atomic E-state index is -1.22. The monoisotopic (exact) mass is 496 g/mol. The van der Waals surface area contributed by atoms with Gasteiger partial charge in [0.15, 0.2) is 12.4 Å². The third-order valence-corrected chi connectivity index (χ3v) is 7.67. The van der Waals surface area contributed by atoms with E-state index in [1.807, 2.05) is 6.92 Å². The number of aliphatic carboxylic acids is 1. The number of carbonyl (C=O) groups excluding carboxylic acids is 3. The van der Waals surface area contributed by atoms with Crippen LogP contribution in [0, 0.1) is 11.8 Å². The molecule has 1 saturated heterocycles. The SMILES string of the molecule is C[C@@H](O)[C@H]1C(=O)N2C(C(=O)O)=C(c3cn4cnc(C(=O)c5ccc[n+](CC(N)=O)c5)c4s3)[C@H](C)[C@H]12. The van der Waals surface area contributed by atoms with Crippen molar-refractivity contribution in [3.8, 4) is 0 Å². The zero-order valence-corrected chi connectivity index (χ0v) is 19.6. The van der Waals surface area contributed by atoms with E-state index in [1.165, 1.54) is 40.3 Å². The Labute approximate surface area is 202 Å². The predicted molar refractivity (Wildman–Crippen MR) is 122 cm³/mol. The van der Waals surface area contributed by atoms with Crippen LogP contribution in [0.2, 0.25) is 0 Å². The summed E-state index contributed by atoms with van der Waals surface area (Å²) in [7, 11) is 0. The average Bonchev–Trinajstić information content (AvgIpc) is 3.42. The van der Waals surface area contributed by atoms with Gasteiger partial charge in [-0.3, -0.25) is 18.8 Å². The largest absolute Gasteiger partial charge is 0.477 e. The summed E-state index contributed by atoms with van der Waals surface area (Å²) in [6.07, 6.45) is 5.42.